The zero-order valence-corrected chi connectivity index (χ0v) is 22.3. The third-order valence-electron chi connectivity index (χ3n) is 5.74. The van der Waals surface area contributed by atoms with Crippen LogP contribution in [-0.2, 0) is 16.0 Å². The zero-order valence-electron chi connectivity index (χ0n) is 22.3. The van der Waals surface area contributed by atoms with Gasteiger partial charge in [-0.2, -0.15) is 5.26 Å². The molecule has 0 aliphatic heterocycles. The van der Waals surface area contributed by atoms with Crippen LogP contribution in [-0.4, -0.2) is 33.8 Å². The molecule has 0 radical (unpaired) electrons. The van der Waals surface area contributed by atoms with Gasteiger partial charge in [-0.1, -0.05) is 18.2 Å². The lowest BCUT2D eigenvalue weighted by molar-refractivity contribution is -0.384. The second kappa shape index (κ2) is 11.2. The van der Waals surface area contributed by atoms with Gasteiger partial charge in [0.1, 0.15) is 23.1 Å². The summed E-state index contributed by atoms with van der Waals surface area (Å²) in [5, 5.41) is 21.5. The molecule has 0 aliphatic carbocycles. The van der Waals surface area contributed by atoms with Crippen LogP contribution in [0.5, 0.6) is 0 Å². The second-order valence-corrected chi connectivity index (χ2v) is 9.63. The lowest BCUT2D eigenvalue weighted by atomic mass is 10.1. The van der Waals surface area contributed by atoms with Crippen LogP contribution in [0.4, 0.5) is 16.2 Å². The van der Waals surface area contributed by atoms with Gasteiger partial charge in [-0.25, -0.2) is 9.59 Å². The van der Waals surface area contributed by atoms with Gasteiger partial charge in [0.05, 0.1) is 23.6 Å². The number of nitrogens with zero attached hydrogens (tertiary/aromatic N) is 4. The molecule has 1 aromatic heterocycles. The third-order valence-corrected chi connectivity index (χ3v) is 5.74. The summed E-state index contributed by atoms with van der Waals surface area (Å²) in [5.41, 5.74) is 2.08. The van der Waals surface area contributed by atoms with E-state index < -0.39 is 28.3 Å². The van der Waals surface area contributed by atoms with Crippen LogP contribution in [0.1, 0.15) is 60.6 Å². The number of esters is 1. The van der Waals surface area contributed by atoms with Gasteiger partial charge in [-0.3, -0.25) is 15.0 Å². The highest BCUT2D eigenvalue weighted by molar-refractivity contribution is 6.03. The van der Waals surface area contributed by atoms with E-state index in [-0.39, 0.29) is 24.4 Å². The number of nitro benzene ring substituents is 1. The number of hydrogen-bond acceptors (Lipinski definition) is 7. The van der Waals surface area contributed by atoms with Crippen molar-refractivity contribution in [1.29, 1.82) is 5.26 Å². The Hall–Kier alpha value is -4.65. The van der Waals surface area contributed by atoms with Gasteiger partial charge < -0.3 is 14.0 Å². The minimum atomic E-state index is -0.898. The fourth-order valence-corrected chi connectivity index (χ4v) is 3.97. The van der Waals surface area contributed by atoms with Crippen molar-refractivity contribution in [2.45, 2.75) is 53.7 Å². The maximum atomic E-state index is 13.4. The van der Waals surface area contributed by atoms with Gasteiger partial charge in [-0.05, 0) is 76.9 Å². The van der Waals surface area contributed by atoms with Gasteiger partial charge >= 0.3 is 12.1 Å². The largest absolute Gasteiger partial charge is 0.462 e. The number of ether oxygens (including phenoxy) is 2. The fourth-order valence-electron chi connectivity index (χ4n) is 3.97. The average Bonchev–Trinajstić information content (AvgIpc) is 3.14. The minimum absolute atomic E-state index is 0.0534. The number of rotatable bonds is 7. The molecule has 3 rings (SSSR count). The molecule has 0 bridgehead atoms. The Balaban J connectivity index is 2.12. The first-order valence-electron chi connectivity index (χ1n) is 12.0. The summed E-state index contributed by atoms with van der Waals surface area (Å²) in [4.78, 5) is 38.5. The highest BCUT2D eigenvalue weighted by atomic mass is 16.6. The first-order chi connectivity index (χ1) is 17.9. The van der Waals surface area contributed by atoms with Crippen molar-refractivity contribution in [3.63, 3.8) is 0 Å². The van der Waals surface area contributed by atoms with Crippen molar-refractivity contribution in [3.8, 4) is 11.8 Å². The number of amides is 1. The van der Waals surface area contributed by atoms with Crippen LogP contribution in [0.25, 0.3) is 5.69 Å². The van der Waals surface area contributed by atoms with E-state index in [2.05, 4.69) is 6.07 Å². The monoisotopic (exact) mass is 518 g/mol. The van der Waals surface area contributed by atoms with E-state index in [1.807, 2.05) is 18.4 Å². The molecule has 0 aliphatic rings. The molecule has 0 spiro atoms. The number of para-hydroxylation sites is 1. The van der Waals surface area contributed by atoms with E-state index in [1.54, 1.807) is 58.0 Å². The molecule has 10 nitrogen and oxygen atoms in total. The molecule has 3 aromatic rings. The molecule has 198 valence electrons. The molecule has 0 unspecified atom stereocenters. The normalized spacial score (nSPS) is 11.0. The van der Waals surface area contributed by atoms with Crippen molar-refractivity contribution in [3.05, 3.63) is 86.7 Å². The van der Waals surface area contributed by atoms with E-state index in [4.69, 9.17) is 9.47 Å². The molecule has 0 N–H and O–H groups in total. The van der Waals surface area contributed by atoms with E-state index in [0.717, 1.165) is 21.8 Å². The standard InChI is InChI=1S/C28H30N4O6/c1-7-37-26(33)23-9-8-10-24(32(35)36)25(23)30(27(34)38-28(4,5)6)17-20-11-13-21(14-12-20)31-19(3)18(2)15-22(31)16-29/h8-15H,7,17H2,1-6H3. The van der Waals surface area contributed by atoms with E-state index in [1.165, 1.54) is 18.2 Å². The number of nitriles is 1. The quantitative estimate of drug-likeness (QED) is 0.213. The number of nitro groups is 1. The van der Waals surface area contributed by atoms with Gasteiger partial charge in [0, 0.05) is 17.4 Å². The summed E-state index contributed by atoms with van der Waals surface area (Å²) in [5.74, 6) is -0.794. The maximum Gasteiger partial charge on any atom is 0.415 e. The van der Waals surface area contributed by atoms with Gasteiger partial charge in [0.2, 0.25) is 0 Å². The molecular formula is C28H30N4O6. The Morgan fingerprint density at radius 3 is 2.34 bits per heavy atom. The predicted molar refractivity (Wildman–Crippen MR) is 141 cm³/mol. The lowest BCUT2D eigenvalue weighted by Crippen LogP contribution is -2.37. The van der Waals surface area contributed by atoms with Crippen LogP contribution in [0.3, 0.4) is 0 Å². The van der Waals surface area contributed by atoms with Crippen LogP contribution < -0.4 is 4.90 Å². The third kappa shape index (κ3) is 6.00. The summed E-state index contributed by atoms with van der Waals surface area (Å²) in [6, 6.07) is 15.0. The van der Waals surface area contributed by atoms with Crippen molar-refractivity contribution < 1.29 is 24.0 Å². The molecule has 0 saturated heterocycles. The predicted octanol–water partition coefficient (Wildman–Crippen LogP) is 5.99. The number of carbonyl (C=O) groups excluding carboxylic acids is 2. The Labute approximate surface area is 221 Å². The molecule has 1 amide bonds. The summed E-state index contributed by atoms with van der Waals surface area (Å²) < 4.78 is 12.5. The maximum absolute atomic E-state index is 13.4. The van der Waals surface area contributed by atoms with Gasteiger partial charge in [0.15, 0.2) is 0 Å². The van der Waals surface area contributed by atoms with Crippen molar-refractivity contribution >= 4 is 23.4 Å². The van der Waals surface area contributed by atoms with Crippen LogP contribution in [0, 0.1) is 35.3 Å². The summed E-state index contributed by atoms with van der Waals surface area (Å²) in [6.07, 6.45) is -0.856. The Morgan fingerprint density at radius 2 is 1.79 bits per heavy atom. The molecule has 10 heteroatoms. The number of carbonyl (C=O) groups is 2. The number of anilines is 1. The topological polar surface area (TPSA) is 128 Å². The first-order valence-corrected chi connectivity index (χ1v) is 12.0. The average molecular weight is 519 g/mol. The van der Waals surface area contributed by atoms with Crippen molar-refractivity contribution in [2.24, 2.45) is 0 Å². The summed E-state index contributed by atoms with van der Waals surface area (Å²) in [7, 11) is 0. The van der Waals surface area contributed by atoms with E-state index in [9.17, 15) is 25.0 Å². The van der Waals surface area contributed by atoms with E-state index >= 15 is 0 Å². The molecule has 0 fully saturated rings. The SMILES string of the molecule is CCOC(=O)c1cccc([N+](=O)[O-])c1N(Cc1ccc(-n2c(C#N)cc(C)c2C)cc1)C(=O)OC(C)(C)C. The molecule has 0 saturated carbocycles. The fraction of sp³-hybridized carbons (Fsp3) is 0.321. The van der Waals surface area contributed by atoms with Crippen LogP contribution in [0.15, 0.2) is 48.5 Å². The number of benzene rings is 2. The molecule has 0 atom stereocenters. The van der Waals surface area contributed by atoms with Crippen LogP contribution in [0.2, 0.25) is 0 Å². The molecule has 38 heavy (non-hydrogen) atoms. The first kappa shape index (κ1) is 27.9. The Kier molecular flexibility index (Phi) is 8.21. The Bertz CT molecular complexity index is 1410. The number of aryl methyl sites for hydroxylation is 1. The lowest BCUT2D eigenvalue weighted by Gasteiger charge is -2.28. The number of hydrogen-bond donors (Lipinski definition) is 0. The molecule has 2 aromatic carbocycles. The van der Waals surface area contributed by atoms with Crippen molar-refractivity contribution in [1.82, 2.24) is 4.57 Å². The Morgan fingerprint density at radius 1 is 1.13 bits per heavy atom. The number of aromatic nitrogens is 1. The van der Waals surface area contributed by atoms with E-state index in [0.29, 0.717) is 11.3 Å². The summed E-state index contributed by atoms with van der Waals surface area (Å²) >= 11 is 0. The summed E-state index contributed by atoms with van der Waals surface area (Å²) in [6.45, 7) is 10.4. The van der Waals surface area contributed by atoms with Gasteiger partial charge in [-0.15, -0.1) is 0 Å². The van der Waals surface area contributed by atoms with Gasteiger partial charge in [0.25, 0.3) is 5.69 Å². The molecule has 1 heterocycles. The van der Waals surface area contributed by atoms with Crippen LogP contribution >= 0.6 is 0 Å². The zero-order chi connectivity index (χ0) is 28.2. The smallest absolute Gasteiger partial charge is 0.415 e. The second-order valence-electron chi connectivity index (χ2n) is 9.63. The molecular weight excluding hydrogens is 488 g/mol. The highest BCUT2D eigenvalue weighted by Crippen LogP contribution is 2.35. The minimum Gasteiger partial charge on any atom is -0.462 e. The highest BCUT2D eigenvalue weighted by Gasteiger charge is 2.33. The van der Waals surface area contributed by atoms with Crippen molar-refractivity contribution in [2.75, 3.05) is 11.5 Å².